The number of ether oxygens (including phenoxy) is 2. The third kappa shape index (κ3) is 3.26. The van der Waals surface area contributed by atoms with Crippen LogP contribution in [0, 0.1) is 13.8 Å². The molecule has 0 aliphatic heterocycles. The fourth-order valence-corrected chi connectivity index (χ4v) is 2.04. The number of hydrogen-bond acceptors (Lipinski definition) is 4. The van der Waals surface area contributed by atoms with Crippen molar-refractivity contribution in [2.75, 3.05) is 20.3 Å². The van der Waals surface area contributed by atoms with Gasteiger partial charge in [-0.25, -0.2) is 9.97 Å². The summed E-state index contributed by atoms with van der Waals surface area (Å²) in [5.74, 6) is 0.726. The van der Waals surface area contributed by atoms with E-state index >= 15 is 0 Å². The molecular formula is C15H17ClN2O2. The predicted octanol–water partition coefficient (Wildman–Crippen LogP) is 3.44. The van der Waals surface area contributed by atoms with Crippen LogP contribution in [0.2, 0.25) is 5.15 Å². The molecule has 0 amide bonds. The van der Waals surface area contributed by atoms with Crippen molar-refractivity contribution >= 4 is 11.6 Å². The molecule has 1 heterocycles. The number of halogens is 1. The highest BCUT2D eigenvalue weighted by molar-refractivity contribution is 6.31. The molecule has 0 radical (unpaired) electrons. The lowest BCUT2D eigenvalue weighted by Gasteiger charge is -2.12. The second-order valence-electron chi connectivity index (χ2n) is 4.37. The van der Waals surface area contributed by atoms with Crippen molar-refractivity contribution in [2.24, 2.45) is 0 Å². The minimum absolute atomic E-state index is 0.385. The zero-order valence-electron chi connectivity index (χ0n) is 11.8. The Morgan fingerprint density at radius 2 is 1.75 bits per heavy atom. The van der Waals surface area contributed by atoms with E-state index in [0.29, 0.717) is 24.1 Å². The molecule has 5 heteroatoms. The number of methoxy groups -OCH3 is 1. The molecule has 0 spiro atoms. The summed E-state index contributed by atoms with van der Waals surface area (Å²) >= 11 is 6.22. The van der Waals surface area contributed by atoms with Crippen LogP contribution in [0.25, 0.3) is 11.3 Å². The van der Waals surface area contributed by atoms with Gasteiger partial charge in [-0.15, -0.1) is 0 Å². The van der Waals surface area contributed by atoms with E-state index in [2.05, 4.69) is 9.97 Å². The van der Waals surface area contributed by atoms with Crippen LogP contribution < -0.4 is 4.74 Å². The fraction of sp³-hybridized carbons (Fsp3) is 0.333. The maximum atomic E-state index is 6.22. The van der Waals surface area contributed by atoms with Gasteiger partial charge in [0.05, 0.1) is 18.0 Å². The van der Waals surface area contributed by atoms with E-state index in [1.54, 1.807) is 7.11 Å². The minimum atomic E-state index is 0.385. The van der Waals surface area contributed by atoms with E-state index in [1.807, 2.05) is 38.1 Å². The Labute approximate surface area is 123 Å². The monoisotopic (exact) mass is 292 g/mol. The standard InChI is InChI=1S/C15H17ClN2O2/c1-10-11(2)18-15(16)14(17-10)12-6-4-5-7-13(12)20-9-8-19-3/h4-7H,8-9H2,1-3H3. The number of nitrogens with zero attached hydrogens (tertiary/aromatic N) is 2. The van der Waals surface area contributed by atoms with Gasteiger partial charge < -0.3 is 9.47 Å². The average Bonchev–Trinajstić information content (AvgIpc) is 2.44. The molecule has 0 atom stereocenters. The summed E-state index contributed by atoms with van der Waals surface area (Å²) in [7, 11) is 1.64. The summed E-state index contributed by atoms with van der Waals surface area (Å²) in [4.78, 5) is 8.84. The summed E-state index contributed by atoms with van der Waals surface area (Å²) in [5, 5.41) is 0.385. The maximum Gasteiger partial charge on any atom is 0.155 e. The summed E-state index contributed by atoms with van der Waals surface area (Å²) < 4.78 is 10.7. The highest BCUT2D eigenvalue weighted by Crippen LogP contribution is 2.32. The van der Waals surface area contributed by atoms with Gasteiger partial charge in [0.2, 0.25) is 0 Å². The number of para-hydroxylation sites is 1. The number of aryl methyl sites for hydroxylation is 2. The second-order valence-corrected chi connectivity index (χ2v) is 4.73. The van der Waals surface area contributed by atoms with Crippen molar-refractivity contribution in [3.8, 4) is 17.0 Å². The number of aromatic nitrogens is 2. The van der Waals surface area contributed by atoms with E-state index in [4.69, 9.17) is 21.1 Å². The van der Waals surface area contributed by atoms with E-state index < -0.39 is 0 Å². The Morgan fingerprint density at radius 1 is 1.05 bits per heavy atom. The largest absolute Gasteiger partial charge is 0.490 e. The lowest BCUT2D eigenvalue weighted by atomic mass is 10.1. The van der Waals surface area contributed by atoms with Gasteiger partial charge in [-0.05, 0) is 26.0 Å². The first-order valence-electron chi connectivity index (χ1n) is 6.35. The molecule has 20 heavy (non-hydrogen) atoms. The summed E-state index contributed by atoms with van der Waals surface area (Å²) in [6.45, 7) is 4.81. The molecule has 106 valence electrons. The van der Waals surface area contributed by atoms with Gasteiger partial charge in [0.15, 0.2) is 5.15 Å². The van der Waals surface area contributed by atoms with Crippen LogP contribution in [-0.4, -0.2) is 30.3 Å². The van der Waals surface area contributed by atoms with Crippen LogP contribution in [0.3, 0.4) is 0 Å². The predicted molar refractivity (Wildman–Crippen MR) is 79.3 cm³/mol. The highest BCUT2D eigenvalue weighted by Gasteiger charge is 2.13. The van der Waals surface area contributed by atoms with Crippen molar-refractivity contribution in [2.45, 2.75) is 13.8 Å². The van der Waals surface area contributed by atoms with Crippen LogP contribution >= 0.6 is 11.6 Å². The van der Waals surface area contributed by atoms with Gasteiger partial charge in [0.25, 0.3) is 0 Å². The van der Waals surface area contributed by atoms with Crippen LogP contribution in [-0.2, 0) is 4.74 Å². The van der Waals surface area contributed by atoms with Gasteiger partial charge in [-0.1, -0.05) is 23.7 Å². The lowest BCUT2D eigenvalue weighted by Crippen LogP contribution is -2.05. The third-order valence-corrected chi connectivity index (χ3v) is 3.22. The molecule has 0 aliphatic rings. The molecule has 0 fully saturated rings. The summed E-state index contributed by atoms with van der Waals surface area (Å²) in [6.07, 6.45) is 0. The zero-order chi connectivity index (χ0) is 14.5. The molecule has 2 aromatic rings. The molecular weight excluding hydrogens is 276 g/mol. The SMILES string of the molecule is COCCOc1ccccc1-c1nc(C)c(C)nc1Cl. The molecule has 1 aromatic carbocycles. The van der Waals surface area contributed by atoms with E-state index in [9.17, 15) is 0 Å². The van der Waals surface area contributed by atoms with Crippen molar-refractivity contribution in [1.82, 2.24) is 9.97 Å². The van der Waals surface area contributed by atoms with E-state index in [0.717, 1.165) is 22.7 Å². The Kier molecular flexibility index (Phi) is 4.93. The molecule has 0 aliphatic carbocycles. The van der Waals surface area contributed by atoms with Crippen LogP contribution in [0.4, 0.5) is 0 Å². The quantitative estimate of drug-likeness (QED) is 0.792. The zero-order valence-corrected chi connectivity index (χ0v) is 12.6. The third-order valence-electron chi connectivity index (χ3n) is 2.95. The Balaban J connectivity index is 2.39. The average molecular weight is 293 g/mol. The fourth-order valence-electron chi connectivity index (χ4n) is 1.77. The van der Waals surface area contributed by atoms with Crippen molar-refractivity contribution < 1.29 is 9.47 Å². The van der Waals surface area contributed by atoms with Crippen LogP contribution in [0.5, 0.6) is 5.75 Å². The minimum Gasteiger partial charge on any atom is -0.490 e. The van der Waals surface area contributed by atoms with Gasteiger partial charge >= 0.3 is 0 Å². The smallest absolute Gasteiger partial charge is 0.155 e. The number of rotatable bonds is 5. The van der Waals surface area contributed by atoms with E-state index in [1.165, 1.54) is 0 Å². The second kappa shape index (κ2) is 6.68. The molecule has 0 N–H and O–H groups in total. The van der Waals surface area contributed by atoms with Gasteiger partial charge in [-0.2, -0.15) is 0 Å². The van der Waals surface area contributed by atoms with Crippen molar-refractivity contribution in [3.63, 3.8) is 0 Å². The maximum absolute atomic E-state index is 6.22. The highest BCUT2D eigenvalue weighted by atomic mass is 35.5. The molecule has 1 aromatic heterocycles. The Bertz CT molecular complexity index is 602. The normalized spacial score (nSPS) is 10.6. The first kappa shape index (κ1) is 14.8. The topological polar surface area (TPSA) is 44.2 Å². The molecule has 0 saturated carbocycles. The lowest BCUT2D eigenvalue weighted by molar-refractivity contribution is 0.146. The van der Waals surface area contributed by atoms with Crippen molar-refractivity contribution in [3.05, 3.63) is 40.8 Å². The molecule has 2 rings (SSSR count). The van der Waals surface area contributed by atoms with Crippen molar-refractivity contribution in [1.29, 1.82) is 0 Å². The first-order chi connectivity index (χ1) is 9.63. The number of benzene rings is 1. The summed E-state index contributed by atoms with van der Waals surface area (Å²) in [6, 6.07) is 7.64. The van der Waals surface area contributed by atoms with Crippen LogP contribution in [0.1, 0.15) is 11.4 Å². The van der Waals surface area contributed by atoms with Gasteiger partial charge in [0, 0.05) is 12.7 Å². The Hall–Kier alpha value is -1.65. The number of hydrogen-bond donors (Lipinski definition) is 0. The van der Waals surface area contributed by atoms with Gasteiger partial charge in [-0.3, -0.25) is 0 Å². The molecule has 0 bridgehead atoms. The summed E-state index contributed by atoms with van der Waals surface area (Å²) in [5.41, 5.74) is 3.17. The first-order valence-corrected chi connectivity index (χ1v) is 6.73. The molecule has 4 nitrogen and oxygen atoms in total. The van der Waals surface area contributed by atoms with E-state index in [-0.39, 0.29) is 0 Å². The van der Waals surface area contributed by atoms with Crippen LogP contribution in [0.15, 0.2) is 24.3 Å². The Morgan fingerprint density at radius 3 is 2.50 bits per heavy atom. The molecule has 0 saturated heterocycles. The van der Waals surface area contributed by atoms with Gasteiger partial charge in [0.1, 0.15) is 18.1 Å². The molecule has 0 unspecified atom stereocenters.